The second-order valence-corrected chi connectivity index (χ2v) is 5.07. The van der Waals surface area contributed by atoms with Gasteiger partial charge >= 0.3 is 0 Å². The van der Waals surface area contributed by atoms with Gasteiger partial charge in [0.25, 0.3) is 0 Å². The Bertz CT molecular complexity index is 370. The largest absolute Gasteiger partial charge is 0.396 e. The predicted molar refractivity (Wildman–Crippen MR) is 66.9 cm³/mol. The van der Waals surface area contributed by atoms with Crippen LogP contribution in [0.2, 0.25) is 10.0 Å². The fourth-order valence-electron chi connectivity index (χ4n) is 2.12. The SMILES string of the molecule is OCC1CCN(Cc2cccc(Cl)c2Cl)C1. The Morgan fingerprint density at radius 3 is 2.88 bits per heavy atom. The number of benzene rings is 1. The Hall–Kier alpha value is -0.280. The number of hydrogen-bond acceptors (Lipinski definition) is 2. The smallest absolute Gasteiger partial charge is 0.0637 e. The molecule has 2 rings (SSSR count). The molecule has 1 saturated heterocycles. The molecule has 1 atom stereocenters. The lowest BCUT2D eigenvalue weighted by Gasteiger charge is -2.16. The van der Waals surface area contributed by atoms with E-state index in [9.17, 15) is 0 Å². The van der Waals surface area contributed by atoms with Crippen LogP contribution in [0.1, 0.15) is 12.0 Å². The van der Waals surface area contributed by atoms with Crippen molar-refractivity contribution >= 4 is 23.2 Å². The van der Waals surface area contributed by atoms with E-state index in [4.69, 9.17) is 28.3 Å². The predicted octanol–water partition coefficient (Wildman–Crippen LogP) is 2.81. The molecule has 0 saturated carbocycles. The molecule has 2 nitrogen and oxygen atoms in total. The van der Waals surface area contributed by atoms with E-state index in [1.165, 1.54) is 0 Å². The third-order valence-corrected chi connectivity index (χ3v) is 3.91. The first kappa shape index (κ1) is 12.2. The number of aliphatic hydroxyl groups excluding tert-OH is 1. The minimum Gasteiger partial charge on any atom is -0.396 e. The van der Waals surface area contributed by atoms with E-state index in [0.29, 0.717) is 16.0 Å². The first-order chi connectivity index (χ1) is 7.70. The van der Waals surface area contributed by atoms with Gasteiger partial charge in [-0.05, 0) is 30.5 Å². The van der Waals surface area contributed by atoms with E-state index >= 15 is 0 Å². The summed E-state index contributed by atoms with van der Waals surface area (Å²) in [5, 5.41) is 10.3. The zero-order valence-corrected chi connectivity index (χ0v) is 10.5. The van der Waals surface area contributed by atoms with Crippen LogP contribution in [-0.4, -0.2) is 29.7 Å². The summed E-state index contributed by atoms with van der Waals surface area (Å²) in [6, 6.07) is 5.72. The number of aliphatic hydroxyl groups is 1. The van der Waals surface area contributed by atoms with Gasteiger partial charge in [-0.1, -0.05) is 35.3 Å². The third kappa shape index (κ3) is 2.69. The molecule has 1 fully saturated rings. The highest BCUT2D eigenvalue weighted by molar-refractivity contribution is 6.42. The van der Waals surface area contributed by atoms with Gasteiger partial charge < -0.3 is 5.11 Å². The maximum atomic E-state index is 9.07. The fourth-order valence-corrected chi connectivity index (χ4v) is 2.50. The van der Waals surface area contributed by atoms with Crippen molar-refractivity contribution in [1.29, 1.82) is 0 Å². The van der Waals surface area contributed by atoms with Gasteiger partial charge in [-0.3, -0.25) is 4.90 Å². The van der Waals surface area contributed by atoms with Crippen LogP contribution in [0.5, 0.6) is 0 Å². The van der Waals surface area contributed by atoms with E-state index in [1.807, 2.05) is 12.1 Å². The maximum Gasteiger partial charge on any atom is 0.0637 e. The summed E-state index contributed by atoms with van der Waals surface area (Å²) in [5.41, 5.74) is 1.06. The second kappa shape index (κ2) is 5.37. The summed E-state index contributed by atoms with van der Waals surface area (Å²) in [5.74, 6) is 0.415. The van der Waals surface area contributed by atoms with Gasteiger partial charge in [0.2, 0.25) is 0 Å². The Balaban J connectivity index is 2.02. The van der Waals surface area contributed by atoms with Crippen LogP contribution in [0.4, 0.5) is 0 Å². The molecule has 0 spiro atoms. The molecule has 1 aromatic carbocycles. The summed E-state index contributed by atoms with van der Waals surface area (Å²) < 4.78 is 0. The standard InChI is InChI=1S/C12H15Cl2NO/c13-11-3-1-2-10(12(11)14)7-15-5-4-9(6-15)8-16/h1-3,9,16H,4-8H2. The van der Waals surface area contributed by atoms with E-state index in [2.05, 4.69) is 4.90 Å². The summed E-state index contributed by atoms with van der Waals surface area (Å²) in [6.07, 6.45) is 1.06. The number of nitrogens with zero attached hydrogens (tertiary/aromatic N) is 1. The van der Waals surface area contributed by atoms with Crippen LogP contribution in [0.25, 0.3) is 0 Å². The van der Waals surface area contributed by atoms with Gasteiger partial charge in [-0.25, -0.2) is 0 Å². The highest BCUT2D eigenvalue weighted by Gasteiger charge is 2.22. The van der Waals surface area contributed by atoms with E-state index in [1.54, 1.807) is 6.07 Å². The molecular weight excluding hydrogens is 245 g/mol. The lowest BCUT2D eigenvalue weighted by Crippen LogP contribution is -2.21. The molecule has 1 heterocycles. The van der Waals surface area contributed by atoms with Crippen molar-refractivity contribution in [2.24, 2.45) is 5.92 Å². The average molecular weight is 260 g/mol. The van der Waals surface area contributed by atoms with Crippen molar-refractivity contribution in [2.45, 2.75) is 13.0 Å². The summed E-state index contributed by atoms with van der Waals surface area (Å²) in [6.45, 7) is 3.06. The van der Waals surface area contributed by atoms with Crippen molar-refractivity contribution in [3.8, 4) is 0 Å². The molecular formula is C12H15Cl2NO. The van der Waals surface area contributed by atoms with Crippen LogP contribution in [0.3, 0.4) is 0 Å². The van der Waals surface area contributed by atoms with Crippen LogP contribution in [0.15, 0.2) is 18.2 Å². The number of likely N-dealkylation sites (tertiary alicyclic amines) is 1. The van der Waals surface area contributed by atoms with Crippen molar-refractivity contribution in [2.75, 3.05) is 19.7 Å². The van der Waals surface area contributed by atoms with Gasteiger partial charge in [0, 0.05) is 19.7 Å². The maximum absolute atomic E-state index is 9.07. The summed E-state index contributed by atoms with van der Waals surface area (Å²) >= 11 is 12.1. The fraction of sp³-hybridized carbons (Fsp3) is 0.500. The Kier molecular flexibility index (Phi) is 4.09. The Labute approximate surface area is 106 Å². The molecule has 1 aliphatic rings. The molecule has 1 aliphatic heterocycles. The number of rotatable bonds is 3. The normalized spacial score (nSPS) is 21.6. The first-order valence-corrected chi connectivity index (χ1v) is 6.22. The molecule has 4 heteroatoms. The first-order valence-electron chi connectivity index (χ1n) is 5.47. The molecule has 0 amide bonds. The zero-order valence-electron chi connectivity index (χ0n) is 9.00. The lowest BCUT2D eigenvalue weighted by atomic mass is 10.1. The van der Waals surface area contributed by atoms with Gasteiger partial charge in [-0.2, -0.15) is 0 Å². The molecule has 1 aromatic rings. The van der Waals surface area contributed by atoms with Crippen molar-refractivity contribution < 1.29 is 5.11 Å². The topological polar surface area (TPSA) is 23.5 Å². The molecule has 16 heavy (non-hydrogen) atoms. The quantitative estimate of drug-likeness (QED) is 0.903. The minimum absolute atomic E-state index is 0.278. The third-order valence-electron chi connectivity index (χ3n) is 3.05. The Morgan fingerprint density at radius 2 is 2.19 bits per heavy atom. The van der Waals surface area contributed by atoms with E-state index in [0.717, 1.165) is 31.6 Å². The molecule has 0 aromatic heterocycles. The van der Waals surface area contributed by atoms with Crippen molar-refractivity contribution in [1.82, 2.24) is 4.90 Å². The minimum atomic E-state index is 0.278. The summed E-state index contributed by atoms with van der Waals surface area (Å²) in [7, 11) is 0. The van der Waals surface area contributed by atoms with Gasteiger partial charge in [-0.15, -0.1) is 0 Å². The number of hydrogen-bond donors (Lipinski definition) is 1. The van der Waals surface area contributed by atoms with Gasteiger partial charge in [0.05, 0.1) is 10.0 Å². The zero-order chi connectivity index (χ0) is 11.5. The second-order valence-electron chi connectivity index (χ2n) is 4.29. The van der Waals surface area contributed by atoms with E-state index < -0.39 is 0 Å². The monoisotopic (exact) mass is 259 g/mol. The molecule has 1 unspecified atom stereocenters. The molecule has 1 N–H and O–H groups in total. The molecule has 0 radical (unpaired) electrons. The van der Waals surface area contributed by atoms with Crippen LogP contribution in [-0.2, 0) is 6.54 Å². The van der Waals surface area contributed by atoms with Gasteiger partial charge in [0.15, 0.2) is 0 Å². The van der Waals surface area contributed by atoms with Crippen molar-refractivity contribution in [3.63, 3.8) is 0 Å². The number of halogens is 2. The summed E-state index contributed by atoms with van der Waals surface area (Å²) in [4.78, 5) is 2.30. The molecule has 88 valence electrons. The average Bonchev–Trinajstić information content (AvgIpc) is 2.73. The van der Waals surface area contributed by atoms with Crippen LogP contribution >= 0.6 is 23.2 Å². The van der Waals surface area contributed by atoms with Gasteiger partial charge in [0.1, 0.15) is 0 Å². The van der Waals surface area contributed by atoms with E-state index in [-0.39, 0.29) is 6.61 Å². The van der Waals surface area contributed by atoms with Crippen LogP contribution < -0.4 is 0 Å². The molecule has 0 bridgehead atoms. The Morgan fingerprint density at radius 1 is 1.38 bits per heavy atom. The van der Waals surface area contributed by atoms with Crippen LogP contribution in [0, 0.1) is 5.92 Å². The highest BCUT2D eigenvalue weighted by atomic mass is 35.5. The lowest BCUT2D eigenvalue weighted by molar-refractivity contribution is 0.220. The molecule has 0 aliphatic carbocycles. The highest BCUT2D eigenvalue weighted by Crippen LogP contribution is 2.28. The van der Waals surface area contributed by atoms with Crippen molar-refractivity contribution in [3.05, 3.63) is 33.8 Å².